The van der Waals surface area contributed by atoms with Gasteiger partial charge in [0.05, 0.1) is 13.2 Å². The van der Waals surface area contributed by atoms with Crippen LogP contribution in [0, 0.1) is 0 Å². The van der Waals surface area contributed by atoms with Crippen molar-refractivity contribution in [2.45, 2.75) is 13.0 Å². The predicted octanol–water partition coefficient (Wildman–Crippen LogP) is 3.27. The standard InChI is InChI=1S/C24H25N5O3/c1-17(30)28-13-14-29(21(16-28)20-9-3-4-10-22(20)32-2)23(31)18-7-5-8-19(15-18)27-24-25-11-6-12-26-24/h3-12,15,21H,13-14,16H2,1-2H3,(H,25,26,27). The van der Waals surface area contributed by atoms with E-state index in [1.807, 2.05) is 41.3 Å². The van der Waals surface area contributed by atoms with Crippen LogP contribution in [0.15, 0.2) is 67.0 Å². The zero-order chi connectivity index (χ0) is 22.5. The number of benzene rings is 2. The van der Waals surface area contributed by atoms with Crippen LogP contribution < -0.4 is 10.1 Å². The van der Waals surface area contributed by atoms with Crippen LogP contribution in [0.2, 0.25) is 0 Å². The number of hydrogen-bond donors (Lipinski definition) is 1. The van der Waals surface area contributed by atoms with Gasteiger partial charge in [0, 0.05) is 55.8 Å². The minimum atomic E-state index is -0.314. The summed E-state index contributed by atoms with van der Waals surface area (Å²) >= 11 is 0. The molecule has 2 amide bonds. The van der Waals surface area contributed by atoms with Crippen molar-refractivity contribution < 1.29 is 14.3 Å². The summed E-state index contributed by atoms with van der Waals surface area (Å²) in [5.74, 6) is 1.03. The number of amides is 2. The quantitative estimate of drug-likeness (QED) is 0.667. The second kappa shape index (κ2) is 9.47. The zero-order valence-electron chi connectivity index (χ0n) is 18.1. The summed E-state index contributed by atoms with van der Waals surface area (Å²) in [6.45, 7) is 2.89. The fraction of sp³-hybridized carbons (Fsp3) is 0.250. The highest BCUT2D eigenvalue weighted by Crippen LogP contribution is 2.33. The molecule has 2 heterocycles. The first-order valence-corrected chi connectivity index (χ1v) is 10.4. The van der Waals surface area contributed by atoms with Gasteiger partial charge in [-0.25, -0.2) is 9.97 Å². The number of piperazine rings is 1. The Morgan fingerprint density at radius 1 is 1.03 bits per heavy atom. The van der Waals surface area contributed by atoms with E-state index in [4.69, 9.17) is 4.74 Å². The van der Waals surface area contributed by atoms with Gasteiger partial charge in [0.1, 0.15) is 5.75 Å². The van der Waals surface area contributed by atoms with Gasteiger partial charge in [-0.1, -0.05) is 24.3 Å². The van der Waals surface area contributed by atoms with Crippen molar-refractivity contribution in [3.8, 4) is 5.75 Å². The van der Waals surface area contributed by atoms with Crippen molar-refractivity contribution >= 4 is 23.5 Å². The summed E-state index contributed by atoms with van der Waals surface area (Å²) in [6, 6.07) is 16.3. The van der Waals surface area contributed by atoms with E-state index in [1.165, 1.54) is 0 Å². The summed E-state index contributed by atoms with van der Waals surface area (Å²) in [4.78, 5) is 37.6. The lowest BCUT2D eigenvalue weighted by atomic mass is 9.99. The molecule has 8 heteroatoms. The molecule has 32 heavy (non-hydrogen) atoms. The monoisotopic (exact) mass is 431 g/mol. The molecule has 8 nitrogen and oxygen atoms in total. The van der Waals surface area contributed by atoms with Crippen LogP contribution in [0.5, 0.6) is 5.75 Å². The molecule has 1 fully saturated rings. The Bertz CT molecular complexity index is 1110. The summed E-state index contributed by atoms with van der Waals surface area (Å²) in [7, 11) is 1.61. The topological polar surface area (TPSA) is 87.7 Å². The van der Waals surface area contributed by atoms with Gasteiger partial charge in [-0.2, -0.15) is 0 Å². The molecule has 1 aliphatic rings. The fourth-order valence-electron chi connectivity index (χ4n) is 3.91. The highest BCUT2D eigenvalue weighted by Gasteiger charge is 2.34. The molecule has 0 radical (unpaired) electrons. The molecule has 4 rings (SSSR count). The Labute approximate surface area is 186 Å². The smallest absolute Gasteiger partial charge is 0.254 e. The number of carbonyl (C=O) groups excluding carboxylic acids is 2. The van der Waals surface area contributed by atoms with Crippen LogP contribution in [-0.2, 0) is 4.79 Å². The minimum Gasteiger partial charge on any atom is -0.496 e. The van der Waals surface area contributed by atoms with Crippen molar-refractivity contribution in [1.82, 2.24) is 19.8 Å². The van der Waals surface area contributed by atoms with E-state index in [1.54, 1.807) is 49.5 Å². The molecular weight excluding hydrogens is 406 g/mol. The van der Waals surface area contributed by atoms with Gasteiger partial charge in [-0.05, 0) is 30.3 Å². The Morgan fingerprint density at radius 2 is 1.81 bits per heavy atom. The SMILES string of the molecule is COc1ccccc1C1CN(C(C)=O)CCN1C(=O)c1cccc(Nc2ncccn2)c1. The van der Waals surface area contributed by atoms with Gasteiger partial charge in [-0.15, -0.1) is 0 Å². The third-order valence-electron chi connectivity index (χ3n) is 5.52. The minimum absolute atomic E-state index is 0.00828. The molecule has 1 atom stereocenters. The van der Waals surface area contributed by atoms with Crippen molar-refractivity contribution in [2.24, 2.45) is 0 Å². The maximum absolute atomic E-state index is 13.6. The normalized spacial score (nSPS) is 15.9. The van der Waals surface area contributed by atoms with E-state index in [0.29, 0.717) is 36.9 Å². The first-order valence-electron chi connectivity index (χ1n) is 10.4. The summed E-state index contributed by atoms with van der Waals surface area (Å²) in [5.41, 5.74) is 2.14. The molecule has 164 valence electrons. The van der Waals surface area contributed by atoms with Crippen molar-refractivity contribution in [3.05, 3.63) is 78.1 Å². The van der Waals surface area contributed by atoms with Gasteiger partial charge in [0.2, 0.25) is 11.9 Å². The highest BCUT2D eigenvalue weighted by atomic mass is 16.5. The average molecular weight is 431 g/mol. The van der Waals surface area contributed by atoms with Crippen molar-refractivity contribution in [2.75, 3.05) is 32.1 Å². The van der Waals surface area contributed by atoms with E-state index < -0.39 is 0 Å². The molecule has 2 aromatic carbocycles. The van der Waals surface area contributed by atoms with Crippen LogP contribution in [0.1, 0.15) is 28.9 Å². The fourth-order valence-corrected chi connectivity index (χ4v) is 3.91. The summed E-state index contributed by atoms with van der Waals surface area (Å²) in [6.07, 6.45) is 3.30. The molecule has 3 aromatic rings. The number of aromatic nitrogens is 2. The molecule has 1 saturated heterocycles. The van der Waals surface area contributed by atoms with Crippen LogP contribution in [0.4, 0.5) is 11.6 Å². The maximum Gasteiger partial charge on any atom is 0.254 e. The first-order chi connectivity index (χ1) is 15.6. The Kier molecular flexibility index (Phi) is 6.30. The molecule has 1 aromatic heterocycles. The molecule has 1 aliphatic heterocycles. The second-order valence-corrected chi connectivity index (χ2v) is 7.50. The Balaban J connectivity index is 1.63. The lowest BCUT2D eigenvalue weighted by Crippen LogP contribution is -2.52. The number of nitrogens with zero attached hydrogens (tertiary/aromatic N) is 4. The first kappa shape index (κ1) is 21.3. The van der Waals surface area contributed by atoms with Crippen molar-refractivity contribution in [3.63, 3.8) is 0 Å². The van der Waals surface area contributed by atoms with Crippen LogP contribution >= 0.6 is 0 Å². The van der Waals surface area contributed by atoms with Gasteiger partial charge >= 0.3 is 0 Å². The number of hydrogen-bond acceptors (Lipinski definition) is 6. The number of ether oxygens (including phenoxy) is 1. The van der Waals surface area contributed by atoms with Gasteiger partial charge in [0.15, 0.2) is 0 Å². The third-order valence-corrected chi connectivity index (χ3v) is 5.52. The lowest BCUT2D eigenvalue weighted by molar-refractivity contribution is -0.131. The van der Waals surface area contributed by atoms with Gasteiger partial charge in [-0.3, -0.25) is 9.59 Å². The maximum atomic E-state index is 13.6. The summed E-state index contributed by atoms with van der Waals surface area (Å²) in [5, 5.41) is 3.12. The number of anilines is 2. The third kappa shape index (κ3) is 4.54. The van der Waals surface area contributed by atoms with Crippen molar-refractivity contribution in [1.29, 1.82) is 0 Å². The van der Waals surface area contributed by atoms with Crippen LogP contribution in [-0.4, -0.2) is 58.3 Å². The van der Waals surface area contributed by atoms with Gasteiger partial charge < -0.3 is 19.9 Å². The predicted molar refractivity (Wildman–Crippen MR) is 121 cm³/mol. The Morgan fingerprint density at radius 3 is 2.56 bits per heavy atom. The number of para-hydroxylation sites is 1. The zero-order valence-corrected chi connectivity index (χ0v) is 18.1. The molecular formula is C24H25N5O3. The van der Waals surface area contributed by atoms with Crippen LogP contribution in [0.25, 0.3) is 0 Å². The average Bonchev–Trinajstić information content (AvgIpc) is 2.84. The van der Waals surface area contributed by atoms with E-state index in [0.717, 1.165) is 11.3 Å². The molecule has 0 spiro atoms. The molecule has 0 bridgehead atoms. The molecule has 1 unspecified atom stereocenters. The van der Waals surface area contributed by atoms with E-state index in [2.05, 4.69) is 15.3 Å². The largest absolute Gasteiger partial charge is 0.496 e. The lowest BCUT2D eigenvalue weighted by Gasteiger charge is -2.41. The molecule has 1 N–H and O–H groups in total. The van der Waals surface area contributed by atoms with E-state index in [9.17, 15) is 9.59 Å². The summed E-state index contributed by atoms with van der Waals surface area (Å²) < 4.78 is 5.55. The van der Waals surface area contributed by atoms with E-state index >= 15 is 0 Å². The van der Waals surface area contributed by atoms with Crippen LogP contribution in [0.3, 0.4) is 0 Å². The van der Waals surface area contributed by atoms with E-state index in [-0.39, 0.29) is 17.9 Å². The number of methoxy groups -OCH3 is 1. The molecule has 0 saturated carbocycles. The second-order valence-electron chi connectivity index (χ2n) is 7.50. The number of nitrogens with one attached hydrogen (secondary N) is 1. The number of rotatable bonds is 5. The Hall–Kier alpha value is -3.94. The number of carbonyl (C=O) groups is 2. The van der Waals surface area contributed by atoms with Gasteiger partial charge in [0.25, 0.3) is 5.91 Å². The molecule has 0 aliphatic carbocycles. The highest BCUT2D eigenvalue weighted by molar-refractivity contribution is 5.95.